The van der Waals surface area contributed by atoms with Gasteiger partial charge in [-0.05, 0) is 48.1 Å². The number of nitrogens with one attached hydrogen (secondary N) is 1. The summed E-state index contributed by atoms with van der Waals surface area (Å²) in [6.45, 7) is 3.72. The summed E-state index contributed by atoms with van der Waals surface area (Å²) in [5, 5.41) is 14.9. The molecule has 2 aromatic rings. The molecule has 0 saturated carbocycles. The van der Waals surface area contributed by atoms with Crippen LogP contribution in [0.3, 0.4) is 0 Å². The van der Waals surface area contributed by atoms with Gasteiger partial charge in [0.2, 0.25) is 0 Å². The molecule has 2 atom stereocenters. The Kier molecular flexibility index (Phi) is 5.09. The maximum Gasteiger partial charge on any atom is 0.261 e. The molecule has 0 bridgehead atoms. The van der Waals surface area contributed by atoms with E-state index in [1.165, 1.54) is 35.6 Å². The van der Waals surface area contributed by atoms with E-state index in [0.717, 1.165) is 12.0 Å². The van der Waals surface area contributed by atoms with Gasteiger partial charge in [-0.3, -0.25) is 4.79 Å². The van der Waals surface area contributed by atoms with Crippen LogP contribution in [0.4, 0.5) is 4.39 Å². The second-order valence-corrected chi connectivity index (χ2v) is 5.80. The lowest BCUT2D eigenvalue weighted by molar-refractivity contribution is 0.0855. The van der Waals surface area contributed by atoms with E-state index in [1.54, 1.807) is 6.92 Å². The standard InChI is InChI=1S/C16H18FNO2S/c1-3-11-8-9-21-15(11)16(20)18-10(2)14(19)12-4-6-13(17)7-5-12/h4-10,14,19H,3H2,1-2H3,(H,18,20). The quantitative estimate of drug-likeness (QED) is 0.890. The Balaban J connectivity index is 2.05. The van der Waals surface area contributed by atoms with E-state index in [1.807, 2.05) is 18.4 Å². The van der Waals surface area contributed by atoms with Crippen LogP contribution in [-0.2, 0) is 6.42 Å². The molecule has 3 nitrogen and oxygen atoms in total. The molecule has 112 valence electrons. The highest BCUT2D eigenvalue weighted by Crippen LogP contribution is 2.20. The number of benzene rings is 1. The number of hydrogen-bond acceptors (Lipinski definition) is 3. The normalized spacial score (nSPS) is 13.7. The van der Waals surface area contributed by atoms with Crippen LogP contribution in [0.1, 0.15) is 40.8 Å². The van der Waals surface area contributed by atoms with Crippen LogP contribution < -0.4 is 5.32 Å². The van der Waals surface area contributed by atoms with Crippen molar-refractivity contribution in [3.8, 4) is 0 Å². The fraction of sp³-hybridized carbons (Fsp3) is 0.312. The number of halogens is 1. The van der Waals surface area contributed by atoms with E-state index in [-0.39, 0.29) is 11.7 Å². The first-order valence-electron chi connectivity index (χ1n) is 6.83. The zero-order valence-electron chi connectivity index (χ0n) is 12.0. The number of aliphatic hydroxyl groups is 1. The maximum atomic E-state index is 12.9. The van der Waals surface area contributed by atoms with Crippen molar-refractivity contribution in [2.24, 2.45) is 0 Å². The van der Waals surface area contributed by atoms with Gasteiger partial charge in [0.05, 0.1) is 17.0 Å². The van der Waals surface area contributed by atoms with Crippen LogP contribution in [0.2, 0.25) is 0 Å². The minimum atomic E-state index is -0.875. The average molecular weight is 307 g/mol. The predicted octanol–water partition coefficient (Wildman–Crippen LogP) is 3.30. The molecule has 0 fully saturated rings. The molecule has 0 aliphatic rings. The summed E-state index contributed by atoms with van der Waals surface area (Å²) in [6, 6.07) is 7.09. The Morgan fingerprint density at radius 2 is 2.00 bits per heavy atom. The third-order valence-electron chi connectivity index (χ3n) is 3.38. The van der Waals surface area contributed by atoms with Crippen molar-refractivity contribution < 1.29 is 14.3 Å². The first kappa shape index (κ1) is 15.7. The van der Waals surface area contributed by atoms with Gasteiger partial charge in [0, 0.05) is 0 Å². The summed E-state index contributed by atoms with van der Waals surface area (Å²) >= 11 is 1.39. The van der Waals surface area contributed by atoms with E-state index < -0.39 is 12.1 Å². The number of rotatable bonds is 5. The Morgan fingerprint density at radius 3 is 2.62 bits per heavy atom. The lowest BCUT2D eigenvalue weighted by Gasteiger charge is -2.20. The molecule has 0 aliphatic carbocycles. The zero-order valence-corrected chi connectivity index (χ0v) is 12.8. The molecule has 0 radical (unpaired) electrons. The van der Waals surface area contributed by atoms with Crippen molar-refractivity contribution in [2.75, 3.05) is 0 Å². The van der Waals surface area contributed by atoms with Crippen LogP contribution in [0.5, 0.6) is 0 Å². The van der Waals surface area contributed by atoms with Gasteiger partial charge < -0.3 is 10.4 Å². The topological polar surface area (TPSA) is 49.3 Å². The number of carbonyl (C=O) groups excluding carboxylic acids is 1. The number of aliphatic hydroxyl groups excluding tert-OH is 1. The van der Waals surface area contributed by atoms with Gasteiger partial charge in [-0.15, -0.1) is 11.3 Å². The Bertz CT molecular complexity index is 609. The molecular weight excluding hydrogens is 289 g/mol. The van der Waals surface area contributed by atoms with Crippen LogP contribution in [0.15, 0.2) is 35.7 Å². The number of aryl methyl sites for hydroxylation is 1. The van der Waals surface area contributed by atoms with E-state index in [4.69, 9.17) is 0 Å². The minimum absolute atomic E-state index is 0.185. The summed E-state index contributed by atoms with van der Waals surface area (Å²) < 4.78 is 12.9. The first-order chi connectivity index (χ1) is 10.0. The molecule has 0 saturated heterocycles. The van der Waals surface area contributed by atoms with Gasteiger partial charge in [-0.2, -0.15) is 0 Å². The summed E-state index contributed by atoms with van der Waals surface area (Å²) in [6.07, 6.45) is -0.0826. The molecule has 1 amide bonds. The second-order valence-electron chi connectivity index (χ2n) is 4.89. The third kappa shape index (κ3) is 3.68. The van der Waals surface area contributed by atoms with Gasteiger partial charge in [-0.25, -0.2) is 4.39 Å². The van der Waals surface area contributed by atoms with Crippen molar-refractivity contribution in [2.45, 2.75) is 32.4 Å². The Morgan fingerprint density at radius 1 is 1.33 bits per heavy atom. The first-order valence-corrected chi connectivity index (χ1v) is 7.71. The number of hydrogen-bond donors (Lipinski definition) is 2. The van der Waals surface area contributed by atoms with Crippen molar-refractivity contribution in [3.63, 3.8) is 0 Å². The molecular formula is C16H18FNO2S. The summed E-state index contributed by atoms with van der Waals surface area (Å²) in [7, 11) is 0. The van der Waals surface area contributed by atoms with Gasteiger partial charge >= 0.3 is 0 Å². The molecule has 0 aliphatic heterocycles. The highest BCUT2D eigenvalue weighted by molar-refractivity contribution is 7.12. The van der Waals surface area contributed by atoms with Gasteiger partial charge in [0.15, 0.2) is 0 Å². The molecule has 5 heteroatoms. The SMILES string of the molecule is CCc1ccsc1C(=O)NC(C)C(O)c1ccc(F)cc1. The van der Waals surface area contributed by atoms with E-state index in [0.29, 0.717) is 10.4 Å². The molecule has 21 heavy (non-hydrogen) atoms. The molecule has 2 rings (SSSR count). The van der Waals surface area contributed by atoms with E-state index in [9.17, 15) is 14.3 Å². The molecule has 1 heterocycles. The van der Waals surface area contributed by atoms with Crippen LogP contribution in [-0.4, -0.2) is 17.1 Å². The largest absolute Gasteiger partial charge is 0.386 e. The fourth-order valence-electron chi connectivity index (χ4n) is 2.11. The summed E-state index contributed by atoms with van der Waals surface area (Å²) in [5.41, 5.74) is 1.58. The smallest absolute Gasteiger partial charge is 0.261 e. The number of carbonyl (C=O) groups is 1. The maximum absolute atomic E-state index is 12.9. The molecule has 1 aromatic carbocycles. The van der Waals surface area contributed by atoms with Gasteiger partial charge in [0.1, 0.15) is 5.82 Å². The molecule has 1 aromatic heterocycles. The highest BCUT2D eigenvalue weighted by atomic mass is 32.1. The summed E-state index contributed by atoms with van der Waals surface area (Å²) in [5.74, 6) is -0.538. The second kappa shape index (κ2) is 6.83. The van der Waals surface area contributed by atoms with Crippen molar-refractivity contribution in [1.29, 1.82) is 0 Å². The predicted molar refractivity (Wildman–Crippen MR) is 82.0 cm³/mol. The van der Waals surface area contributed by atoms with Crippen LogP contribution in [0, 0.1) is 5.82 Å². The van der Waals surface area contributed by atoms with Crippen LogP contribution in [0.25, 0.3) is 0 Å². The van der Waals surface area contributed by atoms with Crippen molar-refractivity contribution in [1.82, 2.24) is 5.32 Å². The highest BCUT2D eigenvalue weighted by Gasteiger charge is 2.20. The van der Waals surface area contributed by atoms with Crippen molar-refractivity contribution in [3.05, 3.63) is 57.5 Å². The van der Waals surface area contributed by atoms with E-state index >= 15 is 0 Å². The Hall–Kier alpha value is -1.72. The summed E-state index contributed by atoms with van der Waals surface area (Å²) in [4.78, 5) is 12.9. The Labute approximate surface area is 127 Å². The zero-order chi connectivity index (χ0) is 15.4. The third-order valence-corrected chi connectivity index (χ3v) is 4.33. The van der Waals surface area contributed by atoms with Gasteiger partial charge in [-0.1, -0.05) is 19.1 Å². The fourth-order valence-corrected chi connectivity index (χ4v) is 3.01. The number of thiophene rings is 1. The van der Waals surface area contributed by atoms with Crippen LogP contribution >= 0.6 is 11.3 Å². The van der Waals surface area contributed by atoms with E-state index in [2.05, 4.69) is 5.32 Å². The molecule has 2 N–H and O–H groups in total. The monoisotopic (exact) mass is 307 g/mol. The minimum Gasteiger partial charge on any atom is -0.386 e. The lowest BCUT2D eigenvalue weighted by Crippen LogP contribution is -2.37. The number of amides is 1. The lowest BCUT2D eigenvalue weighted by atomic mass is 10.0. The molecule has 2 unspecified atom stereocenters. The molecule has 0 spiro atoms. The average Bonchev–Trinajstić information content (AvgIpc) is 2.95. The van der Waals surface area contributed by atoms with Crippen molar-refractivity contribution >= 4 is 17.2 Å². The van der Waals surface area contributed by atoms with Gasteiger partial charge in [0.25, 0.3) is 5.91 Å².